The molecule has 0 spiro atoms. The predicted molar refractivity (Wildman–Crippen MR) is 85.6 cm³/mol. The Morgan fingerprint density at radius 2 is 2.09 bits per heavy atom. The molecule has 0 aliphatic heterocycles. The summed E-state index contributed by atoms with van der Waals surface area (Å²) in [5.41, 5.74) is 2.16. The molecule has 3 aromatic rings. The Morgan fingerprint density at radius 1 is 1.27 bits per heavy atom. The molecule has 1 unspecified atom stereocenters. The number of rotatable bonds is 3. The van der Waals surface area contributed by atoms with Crippen LogP contribution >= 0.6 is 11.6 Å². The highest BCUT2D eigenvalue weighted by Gasteiger charge is 2.15. The van der Waals surface area contributed by atoms with E-state index in [9.17, 15) is 4.79 Å². The van der Waals surface area contributed by atoms with Crippen molar-refractivity contribution < 1.29 is 0 Å². The van der Waals surface area contributed by atoms with E-state index in [0.717, 1.165) is 11.3 Å². The predicted octanol–water partition coefficient (Wildman–Crippen LogP) is 2.77. The van der Waals surface area contributed by atoms with Crippen molar-refractivity contribution in [2.45, 2.75) is 12.8 Å². The molecule has 0 saturated carbocycles. The first kappa shape index (κ1) is 14.5. The topological polar surface area (TPSA) is 52.7 Å². The molecule has 112 valence electrons. The van der Waals surface area contributed by atoms with Crippen LogP contribution in [-0.2, 0) is 7.05 Å². The molecule has 0 N–H and O–H groups in total. The second-order valence-corrected chi connectivity index (χ2v) is 5.60. The molecule has 0 saturated heterocycles. The maximum absolute atomic E-state index is 12.2. The molecule has 2 aromatic heterocycles. The molecule has 1 atom stereocenters. The third kappa shape index (κ3) is 2.80. The molecule has 0 bridgehead atoms. The van der Waals surface area contributed by atoms with E-state index in [0.29, 0.717) is 10.7 Å². The second-order valence-electron chi connectivity index (χ2n) is 5.16. The SMILES string of the molecule is CC(c1cccc(Cl)c1)c1nn(-c2cnn(C)c2)ccc1=O. The van der Waals surface area contributed by atoms with Crippen LogP contribution in [-0.4, -0.2) is 19.6 Å². The van der Waals surface area contributed by atoms with Crippen molar-refractivity contribution in [3.05, 3.63) is 75.4 Å². The normalized spacial score (nSPS) is 12.3. The summed E-state index contributed by atoms with van der Waals surface area (Å²) in [4.78, 5) is 12.2. The fraction of sp³-hybridized carbons (Fsp3) is 0.188. The summed E-state index contributed by atoms with van der Waals surface area (Å²) in [6, 6.07) is 9.01. The summed E-state index contributed by atoms with van der Waals surface area (Å²) >= 11 is 6.03. The first-order valence-corrected chi connectivity index (χ1v) is 7.27. The molecule has 22 heavy (non-hydrogen) atoms. The monoisotopic (exact) mass is 314 g/mol. The summed E-state index contributed by atoms with van der Waals surface area (Å²) in [6.45, 7) is 1.95. The van der Waals surface area contributed by atoms with E-state index < -0.39 is 0 Å². The Labute approximate surface area is 132 Å². The van der Waals surface area contributed by atoms with Gasteiger partial charge in [-0.2, -0.15) is 10.2 Å². The first-order valence-electron chi connectivity index (χ1n) is 6.89. The molecule has 0 fully saturated rings. The van der Waals surface area contributed by atoms with Gasteiger partial charge in [0.15, 0.2) is 0 Å². The fourth-order valence-corrected chi connectivity index (χ4v) is 2.53. The van der Waals surface area contributed by atoms with E-state index in [4.69, 9.17) is 11.6 Å². The van der Waals surface area contributed by atoms with Crippen LogP contribution in [0.25, 0.3) is 5.69 Å². The lowest BCUT2D eigenvalue weighted by Gasteiger charge is -2.12. The minimum atomic E-state index is -0.143. The van der Waals surface area contributed by atoms with Crippen LogP contribution in [0.15, 0.2) is 53.7 Å². The lowest BCUT2D eigenvalue weighted by molar-refractivity contribution is 0.738. The standard InChI is InChI=1S/C16H15ClN4O/c1-11(12-4-3-5-13(17)8-12)16-15(22)6-7-21(19-16)14-9-18-20(2)10-14/h3-11H,1-2H3. The molecule has 5 nitrogen and oxygen atoms in total. The third-order valence-corrected chi connectivity index (χ3v) is 3.78. The highest BCUT2D eigenvalue weighted by molar-refractivity contribution is 6.30. The number of nitrogens with zero attached hydrogens (tertiary/aromatic N) is 4. The van der Waals surface area contributed by atoms with Crippen LogP contribution in [0.3, 0.4) is 0 Å². The molecule has 0 aliphatic carbocycles. The Kier molecular flexibility index (Phi) is 3.81. The number of hydrogen-bond acceptors (Lipinski definition) is 3. The number of hydrogen-bond donors (Lipinski definition) is 0. The van der Waals surface area contributed by atoms with E-state index in [-0.39, 0.29) is 11.3 Å². The van der Waals surface area contributed by atoms with E-state index in [1.54, 1.807) is 21.8 Å². The summed E-state index contributed by atoms with van der Waals surface area (Å²) < 4.78 is 3.35. The summed E-state index contributed by atoms with van der Waals surface area (Å²) in [6.07, 6.45) is 5.18. The van der Waals surface area contributed by atoms with Gasteiger partial charge in [0.25, 0.3) is 0 Å². The molecule has 0 aliphatic rings. The minimum Gasteiger partial charge on any atom is -0.288 e. The smallest absolute Gasteiger partial charge is 0.203 e. The van der Waals surface area contributed by atoms with Crippen LogP contribution in [0, 0.1) is 0 Å². The lowest BCUT2D eigenvalue weighted by Crippen LogP contribution is -2.18. The molecular weight excluding hydrogens is 300 g/mol. The van der Waals surface area contributed by atoms with Gasteiger partial charge < -0.3 is 0 Å². The van der Waals surface area contributed by atoms with Gasteiger partial charge >= 0.3 is 0 Å². The van der Waals surface area contributed by atoms with E-state index in [2.05, 4.69) is 10.2 Å². The van der Waals surface area contributed by atoms with Crippen molar-refractivity contribution in [1.29, 1.82) is 0 Å². The van der Waals surface area contributed by atoms with Crippen molar-refractivity contribution in [3.63, 3.8) is 0 Å². The molecule has 2 heterocycles. The van der Waals surface area contributed by atoms with Gasteiger partial charge in [-0.05, 0) is 17.7 Å². The van der Waals surface area contributed by atoms with Crippen molar-refractivity contribution in [1.82, 2.24) is 19.6 Å². The Morgan fingerprint density at radius 3 is 2.77 bits per heavy atom. The molecule has 0 radical (unpaired) electrons. The van der Waals surface area contributed by atoms with Crippen molar-refractivity contribution in [2.24, 2.45) is 7.05 Å². The van der Waals surface area contributed by atoms with Gasteiger partial charge in [0, 0.05) is 30.3 Å². The Bertz CT molecular complexity index is 868. The van der Waals surface area contributed by atoms with Gasteiger partial charge in [-0.3, -0.25) is 9.48 Å². The zero-order valence-corrected chi connectivity index (χ0v) is 13.0. The summed E-state index contributed by atoms with van der Waals surface area (Å²) in [5, 5.41) is 9.24. The Hall–Kier alpha value is -2.40. The average Bonchev–Trinajstić information content (AvgIpc) is 2.93. The largest absolute Gasteiger partial charge is 0.288 e. The van der Waals surface area contributed by atoms with Gasteiger partial charge in [0.1, 0.15) is 11.4 Å². The van der Waals surface area contributed by atoms with Crippen molar-refractivity contribution in [2.75, 3.05) is 0 Å². The summed E-state index contributed by atoms with van der Waals surface area (Å²) in [5.74, 6) is -0.143. The van der Waals surface area contributed by atoms with Crippen LogP contribution in [0.4, 0.5) is 0 Å². The van der Waals surface area contributed by atoms with E-state index >= 15 is 0 Å². The van der Waals surface area contributed by atoms with Gasteiger partial charge in [-0.1, -0.05) is 30.7 Å². The van der Waals surface area contributed by atoms with E-state index in [1.165, 1.54) is 6.07 Å². The highest BCUT2D eigenvalue weighted by atomic mass is 35.5. The van der Waals surface area contributed by atoms with Gasteiger partial charge in [-0.15, -0.1) is 0 Å². The van der Waals surface area contributed by atoms with Gasteiger partial charge in [0.2, 0.25) is 5.43 Å². The van der Waals surface area contributed by atoms with Crippen LogP contribution in [0.1, 0.15) is 24.1 Å². The maximum atomic E-state index is 12.2. The molecule has 1 aromatic carbocycles. The summed E-state index contributed by atoms with van der Waals surface area (Å²) in [7, 11) is 1.83. The van der Waals surface area contributed by atoms with Crippen molar-refractivity contribution >= 4 is 11.6 Å². The second kappa shape index (κ2) is 5.77. The molecular formula is C16H15ClN4O. The van der Waals surface area contributed by atoms with Gasteiger partial charge in [0.05, 0.1) is 12.4 Å². The number of aryl methyl sites for hydroxylation is 1. The zero-order valence-electron chi connectivity index (χ0n) is 12.3. The molecule has 6 heteroatoms. The maximum Gasteiger partial charge on any atom is 0.203 e. The number of benzene rings is 1. The zero-order chi connectivity index (χ0) is 15.7. The quantitative estimate of drug-likeness (QED) is 0.747. The molecule has 0 amide bonds. The Balaban J connectivity index is 2.05. The third-order valence-electron chi connectivity index (χ3n) is 3.55. The van der Waals surface area contributed by atoms with E-state index in [1.807, 2.05) is 44.4 Å². The van der Waals surface area contributed by atoms with Crippen LogP contribution in [0.2, 0.25) is 5.02 Å². The van der Waals surface area contributed by atoms with Crippen molar-refractivity contribution in [3.8, 4) is 5.69 Å². The first-order chi connectivity index (χ1) is 10.5. The van der Waals surface area contributed by atoms with Gasteiger partial charge in [-0.25, -0.2) is 4.68 Å². The van der Waals surface area contributed by atoms with Crippen LogP contribution < -0.4 is 5.43 Å². The van der Waals surface area contributed by atoms with Crippen LogP contribution in [0.5, 0.6) is 0 Å². The lowest BCUT2D eigenvalue weighted by atomic mass is 9.97. The fourth-order valence-electron chi connectivity index (χ4n) is 2.33. The minimum absolute atomic E-state index is 0.0902. The number of halogens is 1. The molecule has 3 rings (SSSR count). The number of aromatic nitrogens is 4. The highest BCUT2D eigenvalue weighted by Crippen LogP contribution is 2.23. The average molecular weight is 315 g/mol.